The average molecular weight is 366 g/mol. The molecule has 1 saturated heterocycles. The second kappa shape index (κ2) is 7.04. The van der Waals surface area contributed by atoms with Gasteiger partial charge in [0.05, 0.1) is 16.3 Å². The third kappa shape index (κ3) is 4.74. The fourth-order valence-corrected chi connectivity index (χ4v) is 3.43. The minimum atomic E-state index is -3.16. The Morgan fingerprint density at radius 1 is 1.23 bits per heavy atom. The van der Waals surface area contributed by atoms with E-state index in [-0.39, 0.29) is 12.1 Å². The molecular formula is C13H17Cl2N3O3S. The van der Waals surface area contributed by atoms with Gasteiger partial charge in [-0.25, -0.2) is 17.5 Å². The lowest BCUT2D eigenvalue weighted by molar-refractivity contribution is 0.238. The van der Waals surface area contributed by atoms with Gasteiger partial charge < -0.3 is 10.6 Å². The molecule has 2 rings (SSSR count). The highest BCUT2D eigenvalue weighted by Gasteiger charge is 2.25. The Labute approximate surface area is 139 Å². The van der Waals surface area contributed by atoms with Crippen LogP contribution in [0, 0.1) is 0 Å². The molecule has 0 spiro atoms. The summed E-state index contributed by atoms with van der Waals surface area (Å²) in [7, 11) is -3.16. The number of amides is 2. The number of carbonyl (C=O) groups excluding carboxylic acids is 1. The molecule has 1 aliphatic heterocycles. The summed E-state index contributed by atoms with van der Waals surface area (Å²) in [6.45, 7) is 0.826. The predicted octanol–water partition coefficient (Wildman–Crippen LogP) is 2.54. The van der Waals surface area contributed by atoms with Gasteiger partial charge in [-0.15, -0.1) is 0 Å². The van der Waals surface area contributed by atoms with E-state index < -0.39 is 10.0 Å². The van der Waals surface area contributed by atoms with Crippen LogP contribution in [0.4, 0.5) is 10.5 Å². The number of benzene rings is 1. The quantitative estimate of drug-likeness (QED) is 0.863. The summed E-state index contributed by atoms with van der Waals surface area (Å²) in [5.74, 6) is 0. The molecule has 1 fully saturated rings. The summed E-state index contributed by atoms with van der Waals surface area (Å²) >= 11 is 11.7. The first kappa shape index (κ1) is 17.3. The Bertz CT molecular complexity index is 658. The van der Waals surface area contributed by atoms with E-state index in [1.807, 2.05) is 0 Å². The minimum Gasteiger partial charge on any atom is -0.335 e. The molecule has 1 aromatic rings. The molecule has 0 bridgehead atoms. The molecule has 0 aliphatic carbocycles. The minimum absolute atomic E-state index is 0.0548. The van der Waals surface area contributed by atoms with Gasteiger partial charge in [-0.1, -0.05) is 23.2 Å². The summed E-state index contributed by atoms with van der Waals surface area (Å²) in [4.78, 5) is 11.9. The third-order valence-corrected chi connectivity index (χ3v) is 5.48. The standard InChI is InChI=1S/C13H17Cl2N3O3S/c1-22(20,21)18-6-4-9(5-7-18)16-13(19)17-10-2-3-11(14)12(15)8-10/h2-3,8-9H,4-7H2,1H3,(H2,16,17,19). The topological polar surface area (TPSA) is 78.5 Å². The van der Waals surface area contributed by atoms with Crippen LogP contribution in [-0.4, -0.2) is 44.1 Å². The molecule has 1 aromatic carbocycles. The Morgan fingerprint density at radius 3 is 2.41 bits per heavy atom. The number of carbonyl (C=O) groups is 1. The van der Waals surface area contributed by atoms with Crippen molar-refractivity contribution in [1.29, 1.82) is 0 Å². The van der Waals surface area contributed by atoms with E-state index in [0.717, 1.165) is 0 Å². The lowest BCUT2D eigenvalue weighted by Crippen LogP contribution is -2.47. The lowest BCUT2D eigenvalue weighted by Gasteiger charge is -2.30. The molecule has 22 heavy (non-hydrogen) atoms. The van der Waals surface area contributed by atoms with Crippen molar-refractivity contribution >= 4 is 44.9 Å². The van der Waals surface area contributed by atoms with Gasteiger partial charge in [0.15, 0.2) is 0 Å². The zero-order valence-electron chi connectivity index (χ0n) is 12.0. The zero-order chi connectivity index (χ0) is 16.3. The molecule has 6 nitrogen and oxygen atoms in total. The molecule has 2 amide bonds. The largest absolute Gasteiger partial charge is 0.335 e. The average Bonchev–Trinajstić information content (AvgIpc) is 2.42. The van der Waals surface area contributed by atoms with Crippen LogP contribution in [0.2, 0.25) is 10.0 Å². The van der Waals surface area contributed by atoms with Crippen LogP contribution in [0.15, 0.2) is 18.2 Å². The first-order chi connectivity index (χ1) is 10.3. The third-order valence-electron chi connectivity index (χ3n) is 3.44. The van der Waals surface area contributed by atoms with E-state index in [0.29, 0.717) is 41.7 Å². The van der Waals surface area contributed by atoms with Crippen molar-refractivity contribution in [2.45, 2.75) is 18.9 Å². The van der Waals surface area contributed by atoms with E-state index in [1.54, 1.807) is 18.2 Å². The van der Waals surface area contributed by atoms with Crippen molar-refractivity contribution in [1.82, 2.24) is 9.62 Å². The number of nitrogens with one attached hydrogen (secondary N) is 2. The van der Waals surface area contributed by atoms with Crippen molar-refractivity contribution < 1.29 is 13.2 Å². The number of hydrogen-bond acceptors (Lipinski definition) is 3. The number of rotatable bonds is 3. The fourth-order valence-electron chi connectivity index (χ4n) is 2.26. The first-order valence-electron chi connectivity index (χ1n) is 6.73. The van der Waals surface area contributed by atoms with Crippen LogP contribution in [0.1, 0.15) is 12.8 Å². The molecule has 1 heterocycles. The monoisotopic (exact) mass is 365 g/mol. The Balaban J connectivity index is 1.84. The van der Waals surface area contributed by atoms with Crippen LogP contribution in [-0.2, 0) is 10.0 Å². The van der Waals surface area contributed by atoms with Gasteiger partial charge in [-0.3, -0.25) is 0 Å². The number of nitrogens with zero attached hydrogens (tertiary/aromatic N) is 1. The Morgan fingerprint density at radius 2 is 1.86 bits per heavy atom. The summed E-state index contributed by atoms with van der Waals surface area (Å²) in [6, 6.07) is 4.41. The van der Waals surface area contributed by atoms with Crippen LogP contribution < -0.4 is 10.6 Å². The highest BCUT2D eigenvalue weighted by Crippen LogP contribution is 2.25. The van der Waals surface area contributed by atoms with E-state index in [2.05, 4.69) is 10.6 Å². The van der Waals surface area contributed by atoms with E-state index in [1.165, 1.54) is 10.6 Å². The van der Waals surface area contributed by atoms with Crippen LogP contribution in [0.3, 0.4) is 0 Å². The van der Waals surface area contributed by atoms with Crippen molar-refractivity contribution in [2.75, 3.05) is 24.7 Å². The van der Waals surface area contributed by atoms with Crippen molar-refractivity contribution in [3.8, 4) is 0 Å². The van der Waals surface area contributed by atoms with Gasteiger partial charge in [-0.2, -0.15) is 0 Å². The van der Waals surface area contributed by atoms with Gasteiger partial charge in [0.25, 0.3) is 0 Å². The number of anilines is 1. The molecule has 0 atom stereocenters. The number of halogens is 2. The van der Waals surface area contributed by atoms with E-state index >= 15 is 0 Å². The van der Waals surface area contributed by atoms with Gasteiger partial charge in [0, 0.05) is 24.8 Å². The van der Waals surface area contributed by atoms with Crippen LogP contribution in [0.5, 0.6) is 0 Å². The highest BCUT2D eigenvalue weighted by molar-refractivity contribution is 7.88. The number of sulfonamides is 1. The molecule has 0 saturated carbocycles. The molecule has 1 aliphatic rings. The number of piperidine rings is 1. The zero-order valence-corrected chi connectivity index (χ0v) is 14.3. The Kier molecular flexibility index (Phi) is 5.55. The van der Waals surface area contributed by atoms with Gasteiger partial charge in [-0.05, 0) is 31.0 Å². The molecule has 0 aromatic heterocycles. The number of urea groups is 1. The van der Waals surface area contributed by atoms with Gasteiger partial charge in [0.2, 0.25) is 10.0 Å². The lowest BCUT2D eigenvalue weighted by atomic mass is 10.1. The van der Waals surface area contributed by atoms with E-state index in [4.69, 9.17) is 23.2 Å². The summed E-state index contributed by atoms with van der Waals surface area (Å²) in [6.07, 6.45) is 2.36. The Hall–Kier alpha value is -1.02. The summed E-state index contributed by atoms with van der Waals surface area (Å²) in [5, 5.41) is 6.28. The van der Waals surface area contributed by atoms with Crippen LogP contribution >= 0.6 is 23.2 Å². The van der Waals surface area contributed by atoms with Crippen molar-refractivity contribution in [2.24, 2.45) is 0 Å². The fraction of sp³-hybridized carbons (Fsp3) is 0.462. The SMILES string of the molecule is CS(=O)(=O)N1CCC(NC(=O)Nc2ccc(Cl)c(Cl)c2)CC1. The molecule has 9 heteroatoms. The first-order valence-corrected chi connectivity index (χ1v) is 9.34. The van der Waals surface area contributed by atoms with Gasteiger partial charge in [0.1, 0.15) is 0 Å². The normalized spacial score (nSPS) is 17.2. The molecule has 122 valence electrons. The molecular weight excluding hydrogens is 349 g/mol. The van der Waals surface area contributed by atoms with Gasteiger partial charge >= 0.3 is 6.03 Å². The maximum absolute atomic E-state index is 11.9. The molecule has 0 unspecified atom stereocenters. The molecule has 2 N–H and O–H groups in total. The number of hydrogen-bond donors (Lipinski definition) is 2. The molecule has 0 radical (unpaired) electrons. The smallest absolute Gasteiger partial charge is 0.319 e. The van der Waals surface area contributed by atoms with E-state index in [9.17, 15) is 13.2 Å². The van der Waals surface area contributed by atoms with Crippen molar-refractivity contribution in [3.05, 3.63) is 28.2 Å². The maximum atomic E-state index is 11.9. The van der Waals surface area contributed by atoms with Crippen LogP contribution in [0.25, 0.3) is 0 Å². The highest BCUT2D eigenvalue weighted by atomic mass is 35.5. The van der Waals surface area contributed by atoms with Crippen molar-refractivity contribution in [3.63, 3.8) is 0 Å². The summed E-state index contributed by atoms with van der Waals surface area (Å²) in [5.41, 5.74) is 0.542. The second-order valence-electron chi connectivity index (χ2n) is 5.16. The summed E-state index contributed by atoms with van der Waals surface area (Å²) < 4.78 is 24.3. The predicted molar refractivity (Wildman–Crippen MR) is 88.1 cm³/mol. The second-order valence-corrected chi connectivity index (χ2v) is 7.96. The maximum Gasteiger partial charge on any atom is 0.319 e.